The van der Waals surface area contributed by atoms with E-state index < -0.39 is 0 Å². The Morgan fingerprint density at radius 2 is 0.740 bits per heavy atom. The minimum Gasteiger partial charge on any atom is -0.0911 e. The van der Waals surface area contributed by atoms with E-state index in [2.05, 4.69) is 208 Å². The lowest BCUT2D eigenvalue weighted by molar-refractivity contribution is 1.44. The van der Waals surface area contributed by atoms with Crippen LogP contribution in [0.2, 0.25) is 0 Å². The first-order valence-electron chi connectivity index (χ1n) is 17.2. The lowest BCUT2D eigenvalue weighted by Gasteiger charge is -2.15. The summed E-state index contributed by atoms with van der Waals surface area (Å²) in [4.78, 5) is 0. The molecule has 0 spiro atoms. The van der Waals surface area contributed by atoms with Gasteiger partial charge >= 0.3 is 0 Å². The van der Waals surface area contributed by atoms with Crippen LogP contribution in [0.4, 0.5) is 0 Å². The van der Waals surface area contributed by atoms with E-state index in [1.54, 1.807) is 0 Å². The predicted molar refractivity (Wildman–Crippen MR) is 216 cm³/mol. The summed E-state index contributed by atoms with van der Waals surface area (Å²) < 4.78 is 0. The first-order valence-corrected chi connectivity index (χ1v) is 17.2. The van der Waals surface area contributed by atoms with Gasteiger partial charge in [0, 0.05) is 0 Å². The summed E-state index contributed by atoms with van der Waals surface area (Å²) in [5.41, 5.74) is 17.4. The Morgan fingerprint density at radius 1 is 0.380 bits per heavy atom. The Kier molecular flexibility index (Phi) is 9.63. The Labute approximate surface area is 297 Å². The molecule has 240 valence electrons. The van der Waals surface area contributed by atoms with Crippen molar-refractivity contribution in [3.8, 4) is 44.5 Å². The molecule has 0 heterocycles. The summed E-state index contributed by atoms with van der Waals surface area (Å²) in [5.74, 6) is 0. The average Bonchev–Trinajstić information content (AvgIpc) is 3.19. The monoisotopic (exact) mass is 640 g/mol. The third-order valence-corrected chi connectivity index (χ3v) is 9.21. The van der Waals surface area contributed by atoms with E-state index in [9.17, 15) is 0 Å². The average molecular weight is 641 g/mol. The van der Waals surface area contributed by atoms with Crippen LogP contribution in [0.15, 0.2) is 201 Å². The molecule has 7 aromatic carbocycles. The van der Waals surface area contributed by atoms with Gasteiger partial charge < -0.3 is 0 Å². The molecule has 0 radical (unpaired) electrons. The molecule has 7 aromatic rings. The second-order valence-electron chi connectivity index (χ2n) is 12.9. The molecule has 0 aliphatic rings. The van der Waals surface area contributed by atoms with Crippen molar-refractivity contribution < 1.29 is 0 Å². The van der Waals surface area contributed by atoms with Crippen molar-refractivity contribution in [1.29, 1.82) is 0 Å². The zero-order valence-corrected chi connectivity index (χ0v) is 28.7. The zero-order valence-electron chi connectivity index (χ0n) is 28.7. The highest BCUT2D eigenvalue weighted by Gasteiger charge is 2.12. The molecule has 0 aliphatic carbocycles. The molecule has 0 aliphatic heterocycles. The van der Waals surface area contributed by atoms with Crippen molar-refractivity contribution in [3.05, 3.63) is 223 Å². The fraction of sp³-hybridized carbons (Fsp3) is 0.0400. The molecule has 0 saturated heterocycles. The summed E-state index contributed by atoms with van der Waals surface area (Å²) in [6.07, 6.45) is 4.57. The van der Waals surface area contributed by atoms with Gasteiger partial charge in [-0.15, -0.1) is 0 Å². The van der Waals surface area contributed by atoms with E-state index in [1.807, 2.05) is 0 Å². The largest absolute Gasteiger partial charge is 0.0911 e. The van der Waals surface area contributed by atoms with E-state index in [0.29, 0.717) is 0 Å². The van der Waals surface area contributed by atoms with Gasteiger partial charge in [0.2, 0.25) is 0 Å². The van der Waals surface area contributed by atoms with Crippen LogP contribution in [0, 0.1) is 6.92 Å². The van der Waals surface area contributed by atoms with Crippen molar-refractivity contribution in [1.82, 2.24) is 0 Å². The fourth-order valence-electron chi connectivity index (χ4n) is 6.41. The maximum absolute atomic E-state index is 4.71. The number of hydrogen-bond donors (Lipinski definition) is 0. The first kappa shape index (κ1) is 32.3. The van der Waals surface area contributed by atoms with Crippen LogP contribution < -0.4 is 0 Å². The molecule has 7 rings (SSSR count). The third-order valence-electron chi connectivity index (χ3n) is 9.21. The maximum Gasteiger partial charge on any atom is -0.0171 e. The van der Waals surface area contributed by atoms with Crippen molar-refractivity contribution in [2.45, 2.75) is 13.8 Å². The Balaban J connectivity index is 1.42. The van der Waals surface area contributed by atoms with Gasteiger partial charge in [-0.1, -0.05) is 164 Å². The van der Waals surface area contributed by atoms with Gasteiger partial charge in [-0.3, -0.25) is 0 Å². The van der Waals surface area contributed by atoms with Crippen molar-refractivity contribution in [2.24, 2.45) is 0 Å². The van der Waals surface area contributed by atoms with Gasteiger partial charge in [-0.05, 0) is 134 Å². The van der Waals surface area contributed by atoms with Gasteiger partial charge in [-0.25, -0.2) is 0 Å². The molecular formula is C50H40. The molecule has 0 nitrogen and oxygen atoms in total. The summed E-state index contributed by atoms with van der Waals surface area (Å²) in [6, 6.07) is 65.0. The minimum absolute atomic E-state index is 0.953. The number of aryl methyl sites for hydroxylation is 1. The number of rotatable bonds is 9. The molecular weight excluding hydrogens is 601 g/mol. The molecule has 0 amide bonds. The summed E-state index contributed by atoms with van der Waals surface area (Å²) in [5, 5.41) is 0. The molecule has 0 fully saturated rings. The quantitative estimate of drug-likeness (QED) is 0.138. The number of benzene rings is 7. The zero-order chi connectivity index (χ0) is 34.3. The Morgan fingerprint density at radius 3 is 1.12 bits per heavy atom. The standard InChI is InChI=1S/C50H40/c1-36-24-26-39(27-25-36)37(2)28-45(50-34-48(42-20-12-6-13-21-42)33-49(35-50)43-22-14-7-15-23-43)29-38(3)44-30-46(40-16-8-4-9-17-40)32-47(31-44)41-18-10-5-11-19-41/h4-35H,3H2,1-2H3/b37-28+,45-29+. The van der Waals surface area contributed by atoms with Crippen LogP contribution in [0.1, 0.15) is 29.2 Å². The summed E-state index contributed by atoms with van der Waals surface area (Å²) in [7, 11) is 0. The highest BCUT2D eigenvalue weighted by molar-refractivity contribution is 5.94. The SMILES string of the molecule is C=C(/C=C(\C=C(/C)c1ccc(C)cc1)c1cc(-c2ccccc2)cc(-c2ccccc2)c1)c1cc(-c2ccccc2)cc(-c2ccccc2)c1. The van der Waals surface area contributed by atoms with Crippen LogP contribution in [0.3, 0.4) is 0 Å². The molecule has 0 N–H and O–H groups in total. The van der Waals surface area contributed by atoms with Crippen LogP contribution in [0.25, 0.3) is 61.2 Å². The molecule has 0 saturated carbocycles. The van der Waals surface area contributed by atoms with Crippen molar-refractivity contribution in [2.75, 3.05) is 0 Å². The number of hydrogen-bond acceptors (Lipinski definition) is 0. The smallest absolute Gasteiger partial charge is 0.0171 e. The molecule has 0 heteroatoms. The number of allylic oxidation sites excluding steroid dienone is 5. The predicted octanol–water partition coefficient (Wildman–Crippen LogP) is 13.9. The fourth-order valence-corrected chi connectivity index (χ4v) is 6.41. The van der Waals surface area contributed by atoms with Crippen molar-refractivity contribution in [3.63, 3.8) is 0 Å². The normalized spacial score (nSPS) is 11.7. The molecule has 0 bridgehead atoms. The van der Waals surface area contributed by atoms with Gasteiger partial charge in [0.05, 0.1) is 0 Å². The van der Waals surface area contributed by atoms with Crippen LogP contribution in [-0.4, -0.2) is 0 Å². The summed E-state index contributed by atoms with van der Waals surface area (Å²) >= 11 is 0. The highest BCUT2D eigenvalue weighted by atomic mass is 14.2. The second-order valence-corrected chi connectivity index (χ2v) is 12.9. The van der Waals surface area contributed by atoms with Crippen molar-refractivity contribution >= 4 is 16.7 Å². The van der Waals surface area contributed by atoms with E-state index in [4.69, 9.17) is 6.58 Å². The van der Waals surface area contributed by atoms with Gasteiger partial charge in [0.15, 0.2) is 0 Å². The van der Waals surface area contributed by atoms with E-state index in [0.717, 1.165) is 22.3 Å². The molecule has 0 atom stereocenters. The molecule has 50 heavy (non-hydrogen) atoms. The molecule has 0 aromatic heterocycles. The van der Waals surface area contributed by atoms with E-state index in [1.165, 1.54) is 61.2 Å². The Hall–Kier alpha value is -6.24. The maximum atomic E-state index is 4.71. The minimum atomic E-state index is 0.953. The second kappa shape index (κ2) is 14.9. The lowest BCUT2D eigenvalue weighted by Crippen LogP contribution is -1.92. The Bertz CT molecular complexity index is 2170. The van der Waals surface area contributed by atoms with Crippen LogP contribution in [-0.2, 0) is 0 Å². The van der Waals surface area contributed by atoms with Gasteiger partial charge in [-0.2, -0.15) is 0 Å². The van der Waals surface area contributed by atoms with E-state index >= 15 is 0 Å². The van der Waals surface area contributed by atoms with E-state index in [-0.39, 0.29) is 0 Å². The van der Waals surface area contributed by atoms with Gasteiger partial charge in [0.1, 0.15) is 0 Å². The van der Waals surface area contributed by atoms with Gasteiger partial charge in [0.25, 0.3) is 0 Å². The topological polar surface area (TPSA) is 0 Å². The lowest BCUT2D eigenvalue weighted by atomic mass is 9.89. The third kappa shape index (κ3) is 7.57. The summed E-state index contributed by atoms with van der Waals surface area (Å²) in [6.45, 7) is 9.04. The van der Waals surface area contributed by atoms with Crippen LogP contribution in [0.5, 0.6) is 0 Å². The highest BCUT2D eigenvalue weighted by Crippen LogP contribution is 2.36. The van der Waals surface area contributed by atoms with Crippen LogP contribution >= 0.6 is 0 Å². The first-order chi connectivity index (χ1) is 24.5. The molecule has 0 unspecified atom stereocenters.